The summed E-state index contributed by atoms with van der Waals surface area (Å²) in [7, 11) is 0. The molecule has 0 saturated carbocycles. The average Bonchev–Trinajstić information content (AvgIpc) is 2.97. The van der Waals surface area contributed by atoms with E-state index in [-0.39, 0.29) is 11.9 Å². The van der Waals surface area contributed by atoms with Gasteiger partial charge in [0.15, 0.2) is 0 Å². The molecular formula is C20H20FN. The normalized spacial score (nSPS) is 25.5. The molecule has 1 aliphatic heterocycles. The van der Waals surface area contributed by atoms with Gasteiger partial charge in [-0.3, -0.25) is 0 Å². The van der Waals surface area contributed by atoms with Crippen molar-refractivity contribution in [2.45, 2.75) is 32.2 Å². The van der Waals surface area contributed by atoms with Gasteiger partial charge in [-0.2, -0.15) is 0 Å². The zero-order valence-corrected chi connectivity index (χ0v) is 12.9. The number of nitrogens with one attached hydrogen (secondary N) is 1. The van der Waals surface area contributed by atoms with E-state index in [0.29, 0.717) is 11.8 Å². The smallest absolute Gasteiger partial charge is 0.128 e. The summed E-state index contributed by atoms with van der Waals surface area (Å²) in [4.78, 5) is 0. The maximum Gasteiger partial charge on any atom is 0.128 e. The summed E-state index contributed by atoms with van der Waals surface area (Å²) in [5.74, 6) is 0.670. The lowest BCUT2D eigenvalue weighted by atomic mass is 9.76. The van der Waals surface area contributed by atoms with Crippen molar-refractivity contribution in [2.24, 2.45) is 5.92 Å². The molecule has 0 bridgehead atoms. The van der Waals surface area contributed by atoms with Crippen molar-refractivity contribution >= 4 is 5.69 Å². The molecule has 0 fully saturated rings. The van der Waals surface area contributed by atoms with Crippen LogP contribution in [0.15, 0.2) is 48.6 Å². The highest BCUT2D eigenvalue weighted by Crippen LogP contribution is 2.51. The monoisotopic (exact) mass is 293 g/mol. The highest BCUT2D eigenvalue weighted by atomic mass is 19.1. The fourth-order valence-corrected chi connectivity index (χ4v) is 4.11. The minimum absolute atomic E-state index is 0.0371. The third kappa shape index (κ3) is 1.98. The molecule has 3 atom stereocenters. The first-order valence-electron chi connectivity index (χ1n) is 7.94. The molecule has 0 aromatic heterocycles. The Labute approximate surface area is 130 Å². The highest BCUT2D eigenvalue weighted by molar-refractivity contribution is 5.65. The summed E-state index contributed by atoms with van der Waals surface area (Å²) in [5.41, 5.74) is 5.87. The van der Waals surface area contributed by atoms with E-state index in [1.807, 2.05) is 12.1 Å². The molecule has 2 aromatic rings. The molecule has 0 spiro atoms. The van der Waals surface area contributed by atoms with Gasteiger partial charge in [0.25, 0.3) is 0 Å². The van der Waals surface area contributed by atoms with Crippen LogP contribution in [-0.4, -0.2) is 0 Å². The van der Waals surface area contributed by atoms with Gasteiger partial charge in [0.05, 0.1) is 6.04 Å². The lowest BCUT2D eigenvalue weighted by molar-refractivity contribution is 0.413. The van der Waals surface area contributed by atoms with Crippen LogP contribution < -0.4 is 5.32 Å². The summed E-state index contributed by atoms with van der Waals surface area (Å²) in [6.07, 6.45) is 5.55. The number of halogens is 1. The number of rotatable bonds is 1. The Morgan fingerprint density at radius 3 is 2.73 bits per heavy atom. The number of benzene rings is 2. The summed E-state index contributed by atoms with van der Waals surface area (Å²) < 4.78 is 14.3. The Balaban J connectivity index is 1.86. The Morgan fingerprint density at radius 1 is 1.09 bits per heavy atom. The second-order valence-electron chi connectivity index (χ2n) is 6.54. The Hall–Kier alpha value is -2.09. The van der Waals surface area contributed by atoms with Crippen molar-refractivity contribution < 1.29 is 4.39 Å². The first-order valence-corrected chi connectivity index (χ1v) is 7.94. The van der Waals surface area contributed by atoms with E-state index in [0.717, 1.165) is 12.0 Å². The molecule has 0 radical (unpaired) electrons. The molecular weight excluding hydrogens is 273 g/mol. The SMILES string of the molecule is Cc1cc(C)c2c(c1)[C@@H]1C=CC[C@@H]1[C@H](c1ccccc1F)N2. The van der Waals surface area contributed by atoms with Gasteiger partial charge in [-0.15, -0.1) is 0 Å². The number of hydrogen-bond acceptors (Lipinski definition) is 1. The maximum atomic E-state index is 14.3. The van der Waals surface area contributed by atoms with Crippen LogP contribution in [0.2, 0.25) is 0 Å². The van der Waals surface area contributed by atoms with Gasteiger partial charge < -0.3 is 5.32 Å². The Kier molecular flexibility index (Phi) is 3.07. The van der Waals surface area contributed by atoms with Crippen molar-refractivity contribution in [2.75, 3.05) is 5.32 Å². The molecule has 1 N–H and O–H groups in total. The summed E-state index contributed by atoms with van der Waals surface area (Å²) >= 11 is 0. The topological polar surface area (TPSA) is 12.0 Å². The van der Waals surface area contributed by atoms with Crippen LogP contribution >= 0.6 is 0 Å². The third-order valence-electron chi connectivity index (χ3n) is 5.05. The van der Waals surface area contributed by atoms with Gasteiger partial charge in [0.1, 0.15) is 5.82 Å². The van der Waals surface area contributed by atoms with Gasteiger partial charge in [0, 0.05) is 17.2 Å². The van der Waals surface area contributed by atoms with Crippen LogP contribution in [0.4, 0.5) is 10.1 Å². The van der Waals surface area contributed by atoms with Crippen LogP contribution in [0.1, 0.15) is 40.6 Å². The first kappa shape index (κ1) is 13.6. The van der Waals surface area contributed by atoms with Crippen LogP contribution in [-0.2, 0) is 0 Å². The molecule has 0 unspecified atom stereocenters. The zero-order valence-electron chi connectivity index (χ0n) is 12.9. The van der Waals surface area contributed by atoms with E-state index in [2.05, 4.69) is 43.4 Å². The predicted molar refractivity (Wildman–Crippen MR) is 88.7 cm³/mol. The molecule has 4 rings (SSSR count). The van der Waals surface area contributed by atoms with Crippen LogP contribution in [0.5, 0.6) is 0 Å². The van der Waals surface area contributed by atoms with Crippen molar-refractivity contribution in [3.8, 4) is 0 Å². The first-order chi connectivity index (χ1) is 10.6. The van der Waals surface area contributed by atoms with Crippen molar-refractivity contribution in [1.29, 1.82) is 0 Å². The second-order valence-corrected chi connectivity index (χ2v) is 6.54. The quantitative estimate of drug-likeness (QED) is 0.706. The van der Waals surface area contributed by atoms with E-state index in [9.17, 15) is 4.39 Å². The molecule has 2 heteroatoms. The zero-order chi connectivity index (χ0) is 15.3. The largest absolute Gasteiger partial charge is 0.377 e. The van der Waals surface area contributed by atoms with Crippen molar-refractivity contribution in [3.63, 3.8) is 0 Å². The lowest BCUT2D eigenvalue weighted by Gasteiger charge is -2.38. The molecule has 1 nitrogen and oxygen atoms in total. The minimum Gasteiger partial charge on any atom is -0.377 e. The number of anilines is 1. The van der Waals surface area contributed by atoms with E-state index in [1.165, 1.54) is 22.4 Å². The third-order valence-corrected chi connectivity index (χ3v) is 5.05. The molecule has 1 aliphatic carbocycles. The van der Waals surface area contributed by atoms with Gasteiger partial charge >= 0.3 is 0 Å². The van der Waals surface area contributed by atoms with Crippen LogP contribution in [0.3, 0.4) is 0 Å². The number of hydrogen-bond donors (Lipinski definition) is 1. The molecule has 22 heavy (non-hydrogen) atoms. The molecule has 112 valence electrons. The number of allylic oxidation sites excluding steroid dienone is 2. The molecule has 0 amide bonds. The lowest BCUT2D eigenvalue weighted by Crippen LogP contribution is -2.30. The fraction of sp³-hybridized carbons (Fsp3) is 0.300. The van der Waals surface area contributed by atoms with E-state index in [1.54, 1.807) is 12.1 Å². The Morgan fingerprint density at radius 2 is 1.91 bits per heavy atom. The van der Waals surface area contributed by atoms with Crippen LogP contribution in [0, 0.1) is 25.6 Å². The molecule has 0 saturated heterocycles. The van der Waals surface area contributed by atoms with Crippen molar-refractivity contribution in [1.82, 2.24) is 0 Å². The summed E-state index contributed by atoms with van der Waals surface area (Å²) in [6, 6.07) is 11.7. The highest BCUT2D eigenvalue weighted by Gasteiger charge is 2.39. The van der Waals surface area contributed by atoms with E-state index in [4.69, 9.17) is 0 Å². The van der Waals surface area contributed by atoms with E-state index >= 15 is 0 Å². The van der Waals surface area contributed by atoms with Gasteiger partial charge in [0.2, 0.25) is 0 Å². The maximum absolute atomic E-state index is 14.3. The fourth-order valence-electron chi connectivity index (χ4n) is 4.11. The number of aryl methyl sites for hydroxylation is 2. The second kappa shape index (κ2) is 4.98. The standard InChI is InChI=1S/C20H20FN/c1-12-10-13(2)19-17(11-12)14-7-5-8-15(14)20(22-19)16-6-3-4-9-18(16)21/h3-7,9-11,14-15,20,22H,8H2,1-2H3/t14-,15+,20-/m1/s1. The van der Waals surface area contributed by atoms with E-state index < -0.39 is 0 Å². The molecule has 2 aromatic carbocycles. The minimum atomic E-state index is -0.112. The van der Waals surface area contributed by atoms with Crippen LogP contribution in [0.25, 0.3) is 0 Å². The Bertz CT molecular complexity index is 762. The molecule has 2 aliphatic rings. The van der Waals surface area contributed by atoms with Gasteiger partial charge in [-0.1, -0.05) is 48.0 Å². The predicted octanol–water partition coefficient (Wildman–Crippen LogP) is 5.27. The van der Waals surface area contributed by atoms with Gasteiger partial charge in [-0.05, 0) is 43.4 Å². The molecule has 1 heterocycles. The van der Waals surface area contributed by atoms with Gasteiger partial charge in [-0.25, -0.2) is 4.39 Å². The van der Waals surface area contributed by atoms with Crippen molar-refractivity contribution in [3.05, 3.63) is 76.6 Å². The summed E-state index contributed by atoms with van der Waals surface area (Å²) in [6.45, 7) is 4.28. The number of fused-ring (bicyclic) bond motifs is 3. The average molecular weight is 293 g/mol. The summed E-state index contributed by atoms with van der Waals surface area (Å²) in [5, 5.41) is 3.64.